The highest BCUT2D eigenvalue weighted by Crippen LogP contribution is 2.29. The molecule has 1 fully saturated rings. The first-order valence-electron chi connectivity index (χ1n) is 5.96. The molecule has 0 spiro atoms. The summed E-state index contributed by atoms with van der Waals surface area (Å²) in [5.41, 5.74) is 2.08. The molecule has 2 aromatic heterocycles. The van der Waals surface area contributed by atoms with E-state index >= 15 is 0 Å². The molecule has 2 heterocycles. The first-order valence-corrected chi connectivity index (χ1v) is 5.96. The summed E-state index contributed by atoms with van der Waals surface area (Å²) in [6.45, 7) is 2.07. The van der Waals surface area contributed by atoms with Gasteiger partial charge < -0.3 is 9.55 Å². The van der Waals surface area contributed by atoms with E-state index in [1.54, 1.807) is 0 Å². The number of nitrogens with zero attached hydrogens (tertiary/aromatic N) is 1. The van der Waals surface area contributed by atoms with Gasteiger partial charge in [-0.3, -0.25) is 4.79 Å². The summed E-state index contributed by atoms with van der Waals surface area (Å²) >= 11 is 0. The van der Waals surface area contributed by atoms with Crippen LogP contribution in [0.15, 0.2) is 23.3 Å². The van der Waals surface area contributed by atoms with Crippen LogP contribution in [-0.4, -0.2) is 9.55 Å². The average Bonchev–Trinajstić information content (AvgIpc) is 2.92. The Bertz CT molecular complexity index is 573. The summed E-state index contributed by atoms with van der Waals surface area (Å²) < 4.78 is 1.93. The van der Waals surface area contributed by atoms with Crippen LogP contribution in [0.4, 0.5) is 0 Å². The maximum absolute atomic E-state index is 12.3. The van der Waals surface area contributed by atoms with Crippen LogP contribution in [0.25, 0.3) is 10.9 Å². The highest BCUT2D eigenvalue weighted by Gasteiger charge is 2.19. The Morgan fingerprint density at radius 3 is 2.88 bits per heavy atom. The Labute approximate surface area is 94.1 Å². The molecule has 0 amide bonds. The number of H-pyrrole nitrogens is 1. The summed E-state index contributed by atoms with van der Waals surface area (Å²) in [6.07, 6.45) is 8.65. The number of hydrogen-bond donors (Lipinski definition) is 1. The van der Waals surface area contributed by atoms with Crippen molar-refractivity contribution < 1.29 is 0 Å². The van der Waals surface area contributed by atoms with Crippen LogP contribution in [0.2, 0.25) is 0 Å². The number of aryl methyl sites for hydroxylation is 1. The minimum atomic E-state index is 0.137. The summed E-state index contributed by atoms with van der Waals surface area (Å²) in [4.78, 5) is 15.3. The van der Waals surface area contributed by atoms with E-state index in [4.69, 9.17) is 0 Å². The maximum Gasteiger partial charge on any atom is 0.275 e. The van der Waals surface area contributed by atoms with E-state index in [2.05, 4.69) is 11.9 Å². The first kappa shape index (κ1) is 9.70. The predicted molar refractivity (Wildman–Crippen MR) is 64.8 cm³/mol. The van der Waals surface area contributed by atoms with Crippen LogP contribution in [0.3, 0.4) is 0 Å². The van der Waals surface area contributed by atoms with Gasteiger partial charge in [-0.25, -0.2) is 0 Å². The lowest BCUT2D eigenvalue weighted by Gasteiger charge is -2.14. The highest BCUT2D eigenvalue weighted by atomic mass is 16.1. The lowest BCUT2D eigenvalue weighted by atomic mass is 10.1. The fourth-order valence-electron chi connectivity index (χ4n) is 2.79. The molecule has 1 saturated carbocycles. The van der Waals surface area contributed by atoms with Crippen LogP contribution in [-0.2, 0) is 0 Å². The van der Waals surface area contributed by atoms with Gasteiger partial charge in [0.1, 0.15) is 5.52 Å². The SMILES string of the molecule is Cc1cn(C2CCCC2)c(=O)c2[nH]ccc12. The minimum Gasteiger partial charge on any atom is -0.357 e. The van der Waals surface area contributed by atoms with E-state index in [9.17, 15) is 4.79 Å². The molecule has 84 valence electrons. The quantitative estimate of drug-likeness (QED) is 0.782. The molecule has 1 N–H and O–H groups in total. The molecule has 0 aliphatic heterocycles. The van der Waals surface area contributed by atoms with Gasteiger partial charge in [0, 0.05) is 23.8 Å². The third-order valence-electron chi connectivity index (χ3n) is 3.67. The van der Waals surface area contributed by atoms with Crippen LogP contribution in [0.5, 0.6) is 0 Å². The van der Waals surface area contributed by atoms with Gasteiger partial charge in [-0.15, -0.1) is 0 Å². The van der Waals surface area contributed by atoms with Crippen LogP contribution < -0.4 is 5.56 Å². The lowest BCUT2D eigenvalue weighted by Crippen LogP contribution is -2.23. The molecule has 0 radical (unpaired) electrons. The number of aromatic nitrogens is 2. The number of fused-ring (bicyclic) bond motifs is 1. The normalized spacial score (nSPS) is 17.3. The van der Waals surface area contributed by atoms with Crippen molar-refractivity contribution in [2.75, 3.05) is 0 Å². The highest BCUT2D eigenvalue weighted by molar-refractivity contribution is 5.81. The monoisotopic (exact) mass is 216 g/mol. The zero-order chi connectivity index (χ0) is 11.1. The molecular formula is C13H16N2O. The van der Waals surface area contributed by atoms with Gasteiger partial charge in [0.25, 0.3) is 5.56 Å². The lowest BCUT2D eigenvalue weighted by molar-refractivity contribution is 0.504. The van der Waals surface area contributed by atoms with Crippen molar-refractivity contribution in [2.45, 2.75) is 38.6 Å². The summed E-state index contributed by atoms with van der Waals surface area (Å²) in [5, 5.41) is 1.05. The summed E-state index contributed by atoms with van der Waals surface area (Å²) in [6, 6.07) is 2.39. The molecule has 0 aromatic carbocycles. The van der Waals surface area contributed by atoms with Crippen molar-refractivity contribution in [1.29, 1.82) is 0 Å². The Morgan fingerprint density at radius 2 is 2.12 bits per heavy atom. The van der Waals surface area contributed by atoms with Gasteiger partial charge in [0.05, 0.1) is 0 Å². The van der Waals surface area contributed by atoms with Gasteiger partial charge in [0.2, 0.25) is 0 Å². The van der Waals surface area contributed by atoms with Gasteiger partial charge in [0.15, 0.2) is 0 Å². The Morgan fingerprint density at radius 1 is 1.38 bits per heavy atom. The maximum atomic E-state index is 12.3. The predicted octanol–water partition coefficient (Wildman–Crippen LogP) is 2.75. The van der Waals surface area contributed by atoms with Crippen LogP contribution in [0.1, 0.15) is 37.3 Å². The summed E-state index contributed by atoms with van der Waals surface area (Å²) in [5.74, 6) is 0. The third kappa shape index (κ3) is 1.31. The van der Waals surface area contributed by atoms with E-state index in [0.29, 0.717) is 6.04 Å². The molecule has 1 aliphatic rings. The van der Waals surface area contributed by atoms with E-state index in [-0.39, 0.29) is 5.56 Å². The largest absolute Gasteiger partial charge is 0.357 e. The number of rotatable bonds is 1. The zero-order valence-corrected chi connectivity index (χ0v) is 9.49. The van der Waals surface area contributed by atoms with Gasteiger partial charge in [-0.1, -0.05) is 12.8 Å². The fourth-order valence-corrected chi connectivity index (χ4v) is 2.79. The van der Waals surface area contributed by atoms with E-state index in [1.165, 1.54) is 18.4 Å². The summed E-state index contributed by atoms with van der Waals surface area (Å²) in [7, 11) is 0. The molecule has 0 bridgehead atoms. The van der Waals surface area contributed by atoms with Crippen molar-refractivity contribution in [3.05, 3.63) is 34.4 Å². The Balaban J connectivity index is 2.24. The van der Waals surface area contributed by atoms with Gasteiger partial charge in [-0.05, 0) is 31.4 Å². The average molecular weight is 216 g/mol. The number of pyridine rings is 1. The van der Waals surface area contributed by atoms with Crippen molar-refractivity contribution in [1.82, 2.24) is 9.55 Å². The van der Waals surface area contributed by atoms with Crippen LogP contribution >= 0.6 is 0 Å². The molecule has 0 unspecified atom stereocenters. The molecule has 16 heavy (non-hydrogen) atoms. The topological polar surface area (TPSA) is 37.8 Å². The molecular weight excluding hydrogens is 200 g/mol. The number of aromatic amines is 1. The van der Waals surface area contributed by atoms with Crippen molar-refractivity contribution in [2.24, 2.45) is 0 Å². The molecule has 0 saturated heterocycles. The molecule has 2 aromatic rings. The van der Waals surface area contributed by atoms with Crippen molar-refractivity contribution >= 4 is 10.9 Å². The molecule has 3 rings (SSSR count). The smallest absolute Gasteiger partial charge is 0.275 e. The van der Waals surface area contributed by atoms with Crippen molar-refractivity contribution in [3.8, 4) is 0 Å². The molecule has 0 atom stereocenters. The Kier molecular flexibility index (Phi) is 2.13. The minimum absolute atomic E-state index is 0.137. The van der Waals surface area contributed by atoms with E-state index < -0.39 is 0 Å². The molecule has 3 heteroatoms. The van der Waals surface area contributed by atoms with Gasteiger partial charge in [-0.2, -0.15) is 0 Å². The number of nitrogens with one attached hydrogen (secondary N) is 1. The molecule has 1 aliphatic carbocycles. The van der Waals surface area contributed by atoms with Crippen LogP contribution in [0, 0.1) is 6.92 Å². The zero-order valence-electron chi connectivity index (χ0n) is 9.49. The van der Waals surface area contributed by atoms with Gasteiger partial charge >= 0.3 is 0 Å². The Hall–Kier alpha value is -1.51. The van der Waals surface area contributed by atoms with E-state index in [1.807, 2.05) is 23.0 Å². The first-order chi connectivity index (χ1) is 7.77. The second-order valence-electron chi connectivity index (χ2n) is 4.73. The molecule has 3 nitrogen and oxygen atoms in total. The van der Waals surface area contributed by atoms with E-state index in [0.717, 1.165) is 23.7 Å². The standard InChI is InChI=1S/C13H16N2O/c1-9-8-15(10-4-2-3-5-10)13(16)12-11(9)6-7-14-12/h6-8,10,14H,2-5H2,1H3. The number of hydrogen-bond acceptors (Lipinski definition) is 1. The third-order valence-corrected chi connectivity index (χ3v) is 3.67. The second kappa shape index (κ2) is 3.51. The van der Waals surface area contributed by atoms with Crippen molar-refractivity contribution in [3.63, 3.8) is 0 Å². The second-order valence-corrected chi connectivity index (χ2v) is 4.73. The fraction of sp³-hybridized carbons (Fsp3) is 0.462.